The number of anilines is 3. The lowest BCUT2D eigenvalue weighted by atomic mass is 10.1. The Bertz CT molecular complexity index is 592. The lowest BCUT2D eigenvalue weighted by Gasteiger charge is -2.24. The van der Waals surface area contributed by atoms with Crippen LogP contribution in [0.2, 0.25) is 0 Å². The van der Waals surface area contributed by atoms with Crippen molar-refractivity contribution in [2.75, 3.05) is 10.6 Å². The second kappa shape index (κ2) is 4.02. The summed E-state index contributed by atoms with van der Waals surface area (Å²) < 4.78 is 0. The number of rotatable bonds is 1. The topological polar surface area (TPSA) is 42.2 Å². The molecule has 0 bridgehead atoms. The van der Waals surface area contributed by atoms with Gasteiger partial charge in [0.2, 0.25) is 0 Å². The zero-order valence-corrected chi connectivity index (χ0v) is 10.7. The van der Waals surface area contributed by atoms with Crippen LogP contribution >= 0.6 is 0 Å². The molecule has 0 amide bonds. The van der Waals surface area contributed by atoms with Crippen molar-refractivity contribution in [3.8, 4) is 0 Å². The van der Waals surface area contributed by atoms with E-state index in [2.05, 4.69) is 47.1 Å². The zero-order chi connectivity index (χ0) is 12.7. The van der Waals surface area contributed by atoms with Gasteiger partial charge in [0.25, 0.3) is 0 Å². The van der Waals surface area contributed by atoms with E-state index in [0.29, 0.717) is 6.04 Å². The number of hydrogen-bond acceptors (Lipinski definition) is 3. The van der Waals surface area contributed by atoms with Gasteiger partial charge in [-0.3, -0.25) is 0 Å². The summed E-state index contributed by atoms with van der Waals surface area (Å²) in [6, 6.07) is 11.0. The molecule has 2 aromatic rings. The normalized spacial score (nSPS) is 17.9. The Morgan fingerprint density at radius 1 is 1.33 bits per heavy atom. The summed E-state index contributed by atoms with van der Waals surface area (Å²) >= 11 is 0. The molecule has 0 radical (unpaired) electrons. The number of hydrogen-bond donors (Lipinski definition) is 1. The summed E-state index contributed by atoms with van der Waals surface area (Å²) in [5.74, 6) is 0.985. The van der Waals surface area contributed by atoms with Crippen LogP contribution in [-0.2, 0) is 6.42 Å². The fourth-order valence-corrected chi connectivity index (χ4v) is 2.60. The summed E-state index contributed by atoms with van der Waals surface area (Å²) in [5, 5.41) is 0. The summed E-state index contributed by atoms with van der Waals surface area (Å²) in [5.41, 5.74) is 10.3. The third-order valence-electron chi connectivity index (χ3n) is 3.59. The van der Waals surface area contributed by atoms with E-state index in [-0.39, 0.29) is 0 Å². The van der Waals surface area contributed by atoms with E-state index in [1.807, 2.05) is 6.92 Å². The molecule has 1 aromatic carbocycles. The molecular formula is C15H17N3. The van der Waals surface area contributed by atoms with Gasteiger partial charge in [-0.05, 0) is 43.5 Å². The largest absolute Gasteiger partial charge is 0.397 e. The lowest BCUT2D eigenvalue weighted by molar-refractivity contribution is 0.750. The van der Waals surface area contributed by atoms with Gasteiger partial charge in [0, 0.05) is 11.7 Å². The second-order valence-corrected chi connectivity index (χ2v) is 4.95. The van der Waals surface area contributed by atoms with Gasteiger partial charge in [0.15, 0.2) is 0 Å². The monoisotopic (exact) mass is 239 g/mol. The van der Waals surface area contributed by atoms with Crippen molar-refractivity contribution in [1.82, 2.24) is 4.98 Å². The van der Waals surface area contributed by atoms with Crippen molar-refractivity contribution < 1.29 is 0 Å². The minimum Gasteiger partial charge on any atom is -0.397 e. The first-order valence-electron chi connectivity index (χ1n) is 6.26. The highest BCUT2D eigenvalue weighted by atomic mass is 15.2. The van der Waals surface area contributed by atoms with Crippen molar-refractivity contribution >= 4 is 17.2 Å². The fraction of sp³-hybridized carbons (Fsp3) is 0.267. The van der Waals surface area contributed by atoms with E-state index in [4.69, 9.17) is 5.73 Å². The van der Waals surface area contributed by atoms with Gasteiger partial charge in [0.05, 0.1) is 11.9 Å². The average Bonchev–Trinajstić information content (AvgIpc) is 2.69. The molecule has 92 valence electrons. The van der Waals surface area contributed by atoms with Gasteiger partial charge < -0.3 is 10.6 Å². The van der Waals surface area contributed by atoms with Crippen molar-refractivity contribution in [3.63, 3.8) is 0 Å². The first-order valence-corrected chi connectivity index (χ1v) is 6.26. The Hall–Kier alpha value is -2.03. The molecule has 3 rings (SSSR count). The lowest BCUT2D eigenvalue weighted by Crippen LogP contribution is -2.24. The van der Waals surface area contributed by atoms with Crippen LogP contribution in [0.25, 0.3) is 0 Å². The van der Waals surface area contributed by atoms with Crippen LogP contribution in [0.4, 0.5) is 17.2 Å². The van der Waals surface area contributed by atoms with Gasteiger partial charge in [-0.15, -0.1) is 0 Å². The second-order valence-electron chi connectivity index (χ2n) is 4.95. The first-order chi connectivity index (χ1) is 8.66. The van der Waals surface area contributed by atoms with E-state index in [9.17, 15) is 0 Å². The van der Waals surface area contributed by atoms with Crippen LogP contribution in [0.15, 0.2) is 36.5 Å². The molecule has 1 unspecified atom stereocenters. The number of pyridine rings is 1. The molecule has 0 saturated heterocycles. The Balaban J connectivity index is 2.09. The molecule has 1 aromatic heterocycles. The number of fused-ring (bicyclic) bond motifs is 1. The van der Waals surface area contributed by atoms with Crippen LogP contribution in [0.5, 0.6) is 0 Å². The van der Waals surface area contributed by atoms with E-state index < -0.39 is 0 Å². The number of nitrogens with zero attached hydrogens (tertiary/aromatic N) is 2. The average molecular weight is 239 g/mol. The van der Waals surface area contributed by atoms with Crippen LogP contribution in [0.3, 0.4) is 0 Å². The molecule has 1 aliphatic rings. The summed E-state index contributed by atoms with van der Waals surface area (Å²) in [6.45, 7) is 4.25. The smallest absolute Gasteiger partial charge is 0.133 e. The molecule has 0 fully saturated rings. The van der Waals surface area contributed by atoms with Crippen LogP contribution in [0.1, 0.15) is 18.1 Å². The van der Waals surface area contributed by atoms with Gasteiger partial charge in [-0.1, -0.05) is 18.2 Å². The predicted molar refractivity (Wildman–Crippen MR) is 75.1 cm³/mol. The van der Waals surface area contributed by atoms with Gasteiger partial charge in [-0.25, -0.2) is 4.98 Å². The third-order valence-corrected chi connectivity index (χ3v) is 3.59. The van der Waals surface area contributed by atoms with Crippen LogP contribution in [-0.4, -0.2) is 11.0 Å². The molecular weight excluding hydrogens is 222 g/mol. The quantitative estimate of drug-likeness (QED) is 0.831. The number of para-hydroxylation sites is 1. The Kier molecular flexibility index (Phi) is 2.47. The molecule has 3 heteroatoms. The summed E-state index contributed by atoms with van der Waals surface area (Å²) in [7, 11) is 0. The minimum atomic E-state index is 0.443. The highest BCUT2D eigenvalue weighted by molar-refractivity contribution is 5.70. The van der Waals surface area contributed by atoms with Crippen LogP contribution in [0, 0.1) is 6.92 Å². The predicted octanol–water partition coefficient (Wildman–Crippen LogP) is 3.05. The van der Waals surface area contributed by atoms with E-state index in [0.717, 1.165) is 23.5 Å². The van der Waals surface area contributed by atoms with Crippen LogP contribution < -0.4 is 10.6 Å². The zero-order valence-electron chi connectivity index (χ0n) is 10.7. The van der Waals surface area contributed by atoms with Crippen molar-refractivity contribution in [3.05, 3.63) is 47.7 Å². The van der Waals surface area contributed by atoms with Crippen molar-refractivity contribution in [2.45, 2.75) is 26.3 Å². The highest BCUT2D eigenvalue weighted by Gasteiger charge is 2.27. The maximum absolute atomic E-state index is 5.84. The maximum atomic E-state index is 5.84. The third kappa shape index (κ3) is 1.63. The number of nitrogen functional groups attached to an aromatic ring is 1. The van der Waals surface area contributed by atoms with E-state index in [1.165, 1.54) is 11.3 Å². The number of nitrogens with two attached hydrogens (primary N) is 1. The molecule has 0 aliphatic carbocycles. The molecule has 1 atom stereocenters. The Labute approximate surface area is 107 Å². The maximum Gasteiger partial charge on any atom is 0.133 e. The Morgan fingerprint density at radius 2 is 2.11 bits per heavy atom. The molecule has 0 spiro atoms. The number of aryl methyl sites for hydroxylation is 1. The standard InChI is InChI=1S/C15H17N3/c1-10-7-15(17-9-13(10)16)18-11(2)8-12-5-3-4-6-14(12)18/h3-7,9,11H,8,16H2,1-2H3. The first kappa shape index (κ1) is 11.1. The molecule has 3 nitrogen and oxygen atoms in total. The van der Waals surface area contributed by atoms with E-state index in [1.54, 1.807) is 6.20 Å². The van der Waals surface area contributed by atoms with E-state index >= 15 is 0 Å². The van der Waals surface area contributed by atoms with Crippen molar-refractivity contribution in [1.29, 1.82) is 0 Å². The number of benzene rings is 1. The molecule has 2 heterocycles. The number of aromatic nitrogens is 1. The van der Waals surface area contributed by atoms with Gasteiger partial charge in [-0.2, -0.15) is 0 Å². The summed E-state index contributed by atoms with van der Waals surface area (Å²) in [4.78, 5) is 6.76. The molecule has 1 aliphatic heterocycles. The Morgan fingerprint density at radius 3 is 2.89 bits per heavy atom. The fourth-order valence-electron chi connectivity index (χ4n) is 2.60. The molecule has 2 N–H and O–H groups in total. The highest BCUT2D eigenvalue weighted by Crippen LogP contribution is 2.37. The minimum absolute atomic E-state index is 0.443. The van der Waals surface area contributed by atoms with Crippen molar-refractivity contribution in [2.24, 2.45) is 0 Å². The summed E-state index contributed by atoms with van der Waals surface area (Å²) in [6.07, 6.45) is 2.82. The molecule has 0 saturated carbocycles. The van der Waals surface area contributed by atoms with Gasteiger partial charge in [0.1, 0.15) is 5.82 Å². The van der Waals surface area contributed by atoms with Gasteiger partial charge >= 0.3 is 0 Å². The SMILES string of the molecule is Cc1cc(N2c3ccccc3CC2C)ncc1N. The molecule has 18 heavy (non-hydrogen) atoms.